The Hall–Kier alpha value is -0.530. The average molecular weight is 169 g/mol. The summed E-state index contributed by atoms with van der Waals surface area (Å²) in [7, 11) is 0. The Kier molecular flexibility index (Phi) is 3.12. The van der Waals surface area contributed by atoms with Crippen molar-refractivity contribution in [3.05, 3.63) is 0 Å². The third kappa shape index (κ3) is 1.99. The van der Waals surface area contributed by atoms with Crippen molar-refractivity contribution >= 4 is 6.41 Å². The highest BCUT2D eigenvalue weighted by Crippen LogP contribution is 2.32. The van der Waals surface area contributed by atoms with E-state index in [0.717, 1.165) is 12.3 Å². The number of hydrogen-bond acceptors (Lipinski definition) is 1. The lowest BCUT2D eigenvalue weighted by atomic mass is 9.74. The monoisotopic (exact) mass is 169 g/mol. The lowest BCUT2D eigenvalue weighted by Gasteiger charge is -2.37. The third-order valence-corrected chi connectivity index (χ3v) is 3.03. The van der Waals surface area contributed by atoms with E-state index in [1.54, 1.807) is 0 Å². The van der Waals surface area contributed by atoms with Gasteiger partial charge in [-0.2, -0.15) is 0 Å². The fourth-order valence-electron chi connectivity index (χ4n) is 2.63. The van der Waals surface area contributed by atoms with Gasteiger partial charge in [0.2, 0.25) is 6.41 Å². The second-order valence-corrected chi connectivity index (χ2v) is 4.34. The predicted octanol–water partition coefficient (Wildman–Crippen LogP) is 1.80. The molecule has 1 amide bonds. The van der Waals surface area contributed by atoms with Crippen LogP contribution in [0.2, 0.25) is 0 Å². The molecule has 1 aliphatic rings. The minimum Gasteiger partial charge on any atom is -0.355 e. The molecule has 0 aromatic heterocycles. The molecule has 1 fully saturated rings. The second kappa shape index (κ2) is 3.92. The first-order valence-corrected chi connectivity index (χ1v) is 4.84. The smallest absolute Gasteiger partial charge is 0.207 e. The van der Waals surface area contributed by atoms with Gasteiger partial charge in [0.15, 0.2) is 0 Å². The molecule has 0 saturated heterocycles. The van der Waals surface area contributed by atoms with Crippen LogP contribution in [0.25, 0.3) is 0 Å². The summed E-state index contributed by atoms with van der Waals surface area (Å²) in [6.45, 7) is 6.75. The van der Waals surface area contributed by atoms with Gasteiger partial charge < -0.3 is 5.32 Å². The minimum atomic E-state index is 0.402. The number of rotatable bonds is 2. The number of nitrogens with one attached hydrogen (secondary N) is 1. The molecule has 2 heteroatoms. The summed E-state index contributed by atoms with van der Waals surface area (Å²) in [4.78, 5) is 10.3. The molecule has 0 bridgehead atoms. The molecular formula is C10H19NO. The molecule has 4 atom stereocenters. The van der Waals surface area contributed by atoms with E-state index in [0.29, 0.717) is 17.9 Å². The molecule has 0 heterocycles. The number of carbonyl (C=O) groups is 1. The molecule has 0 aliphatic heterocycles. The zero-order valence-corrected chi connectivity index (χ0v) is 8.21. The largest absolute Gasteiger partial charge is 0.355 e. The SMILES string of the molecule is CC1C[C@@H](C)C(NC=O)[C@@H](C)C1. The quantitative estimate of drug-likeness (QED) is 0.627. The minimum absolute atomic E-state index is 0.402. The van der Waals surface area contributed by atoms with E-state index in [1.165, 1.54) is 12.8 Å². The Morgan fingerprint density at radius 2 is 1.67 bits per heavy atom. The molecule has 2 nitrogen and oxygen atoms in total. The van der Waals surface area contributed by atoms with Crippen LogP contribution in [-0.4, -0.2) is 12.5 Å². The maximum atomic E-state index is 10.3. The van der Waals surface area contributed by atoms with E-state index in [4.69, 9.17) is 0 Å². The van der Waals surface area contributed by atoms with Crippen LogP contribution < -0.4 is 5.32 Å². The van der Waals surface area contributed by atoms with E-state index >= 15 is 0 Å². The van der Waals surface area contributed by atoms with Gasteiger partial charge in [-0.25, -0.2) is 0 Å². The van der Waals surface area contributed by atoms with Crippen molar-refractivity contribution < 1.29 is 4.79 Å². The molecule has 1 aliphatic carbocycles. The van der Waals surface area contributed by atoms with Crippen LogP contribution in [0.3, 0.4) is 0 Å². The highest BCUT2D eigenvalue weighted by atomic mass is 16.1. The molecule has 0 spiro atoms. The van der Waals surface area contributed by atoms with Crippen molar-refractivity contribution in [3.8, 4) is 0 Å². The molecule has 0 aromatic rings. The van der Waals surface area contributed by atoms with Crippen molar-refractivity contribution in [2.24, 2.45) is 17.8 Å². The second-order valence-electron chi connectivity index (χ2n) is 4.34. The standard InChI is InChI=1S/C10H19NO/c1-7-4-8(2)10(11-6-12)9(3)5-7/h6-10H,4-5H2,1-3H3,(H,11,12)/t7?,8-,9+,10?. The van der Waals surface area contributed by atoms with Gasteiger partial charge >= 0.3 is 0 Å². The van der Waals surface area contributed by atoms with Gasteiger partial charge in [0.05, 0.1) is 0 Å². The number of carbonyl (C=O) groups excluding carboxylic acids is 1. The number of hydrogen-bond donors (Lipinski definition) is 1. The van der Waals surface area contributed by atoms with Crippen molar-refractivity contribution in [3.63, 3.8) is 0 Å². The van der Waals surface area contributed by atoms with Crippen LogP contribution in [-0.2, 0) is 4.79 Å². The molecule has 1 saturated carbocycles. The molecule has 12 heavy (non-hydrogen) atoms. The van der Waals surface area contributed by atoms with Crippen molar-refractivity contribution in [2.75, 3.05) is 0 Å². The van der Waals surface area contributed by atoms with Crippen LogP contribution in [0.15, 0.2) is 0 Å². The molecule has 0 radical (unpaired) electrons. The third-order valence-electron chi connectivity index (χ3n) is 3.03. The van der Waals surface area contributed by atoms with Gasteiger partial charge in [0, 0.05) is 6.04 Å². The molecule has 70 valence electrons. The summed E-state index contributed by atoms with van der Waals surface area (Å²) in [5.74, 6) is 2.09. The van der Waals surface area contributed by atoms with E-state index in [9.17, 15) is 4.79 Å². The van der Waals surface area contributed by atoms with Gasteiger partial charge in [0.25, 0.3) is 0 Å². The highest BCUT2D eigenvalue weighted by molar-refractivity contribution is 5.46. The average Bonchev–Trinajstić information content (AvgIpc) is 1.96. The Morgan fingerprint density at radius 3 is 2.08 bits per heavy atom. The zero-order valence-electron chi connectivity index (χ0n) is 8.21. The van der Waals surface area contributed by atoms with E-state index in [-0.39, 0.29) is 0 Å². The molecule has 0 aromatic carbocycles. The summed E-state index contributed by atoms with van der Waals surface area (Å²) < 4.78 is 0. The van der Waals surface area contributed by atoms with Gasteiger partial charge in [-0.05, 0) is 30.6 Å². The van der Waals surface area contributed by atoms with Gasteiger partial charge in [-0.1, -0.05) is 20.8 Å². The Morgan fingerprint density at radius 1 is 1.17 bits per heavy atom. The summed E-state index contributed by atoms with van der Waals surface area (Å²) in [6, 6.07) is 0.402. The van der Waals surface area contributed by atoms with Crippen molar-refractivity contribution in [1.29, 1.82) is 0 Å². The fourth-order valence-corrected chi connectivity index (χ4v) is 2.63. The maximum Gasteiger partial charge on any atom is 0.207 e. The predicted molar refractivity (Wildman–Crippen MR) is 49.7 cm³/mol. The van der Waals surface area contributed by atoms with Crippen LogP contribution >= 0.6 is 0 Å². The van der Waals surface area contributed by atoms with Crippen LogP contribution in [0, 0.1) is 17.8 Å². The summed E-state index contributed by atoms with van der Waals surface area (Å²) >= 11 is 0. The van der Waals surface area contributed by atoms with Crippen LogP contribution in [0.5, 0.6) is 0 Å². The van der Waals surface area contributed by atoms with Crippen LogP contribution in [0.1, 0.15) is 33.6 Å². The first-order valence-electron chi connectivity index (χ1n) is 4.84. The first-order chi connectivity index (χ1) is 5.65. The topological polar surface area (TPSA) is 29.1 Å². The maximum absolute atomic E-state index is 10.3. The van der Waals surface area contributed by atoms with E-state index in [2.05, 4.69) is 26.1 Å². The van der Waals surface area contributed by atoms with E-state index < -0.39 is 0 Å². The lowest BCUT2D eigenvalue weighted by molar-refractivity contribution is -0.111. The Labute approximate surface area is 74.7 Å². The van der Waals surface area contributed by atoms with Gasteiger partial charge in [0.1, 0.15) is 0 Å². The number of amides is 1. The summed E-state index contributed by atoms with van der Waals surface area (Å²) in [5, 5.41) is 2.92. The van der Waals surface area contributed by atoms with Gasteiger partial charge in [-0.3, -0.25) is 4.79 Å². The summed E-state index contributed by atoms with van der Waals surface area (Å²) in [6.07, 6.45) is 3.33. The molecule has 2 unspecified atom stereocenters. The van der Waals surface area contributed by atoms with Crippen LogP contribution in [0.4, 0.5) is 0 Å². The highest BCUT2D eigenvalue weighted by Gasteiger charge is 2.30. The summed E-state index contributed by atoms with van der Waals surface area (Å²) in [5.41, 5.74) is 0. The Bertz CT molecular complexity index is 146. The normalized spacial score (nSPS) is 42.2. The van der Waals surface area contributed by atoms with Crippen molar-refractivity contribution in [2.45, 2.75) is 39.7 Å². The first kappa shape index (κ1) is 9.56. The van der Waals surface area contributed by atoms with Crippen molar-refractivity contribution in [1.82, 2.24) is 5.32 Å². The Balaban J connectivity index is 2.53. The molecular weight excluding hydrogens is 150 g/mol. The van der Waals surface area contributed by atoms with Gasteiger partial charge in [-0.15, -0.1) is 0 Å². The molecule has 1 rings (SSSR count). The molecule has 1 N–H and O–H groups in total. The van der Waals surface area contributed by atoms with E-state index in [1.807, 2.05) is 0 Å². The lowest BCUT2D eigenvalue weighted by Crippen LogP contribution is -2.43. The zero-order chi connectivity index (χ0) is 9.14. The fraction of sp³-hybridized carbons (Fsp3) is 0.900.